The molecule has 2 aromatic rings. The second-order valence-electron chi connectivity index (χ2n) is 10.2. The highest BCUT2D eigenvalue weighted by Crippen LogP contribution is 2.32. The van der Waals surface area contributed by atoms with E-state index in [9.17, 15) is 22.8 Å². The van der Waals surface area contributed by atoms with Gasteiger partial charge in [-0.1, -0.05) is 18.1 Å². The minimum absolute atomic E-state index is 0.0683. The predicted octanol–water partition coefficient (Wildman–Crippen LogP) is 7.04. The quantitative estimate of drug-likeness (QED) is 0.400. The molecule has 0 bridgehead atoms. The van der Waals surface area contributed by atoms with E-state index in [4.69, 9.17) is 15.9 Å². The van der Waals surface area contributed by atoms with Gasteiger partial charge in [0.15, 0.2) is 0 Å². The molecule has 2 N–H and O–H groups in total. The number of hydrogen-bond acceptors (Lipinski definition) is 5. The smallest absolute Gasteiger partial charge is 0.416 e. The summed E-state index contributed by atoms with van der Waals surface area (Å²) in [5.74, 6) is 2.50. The number of carbonyl (C=O) groups excluding carboxylic acids is 2. The van der Waals surface area contributed by atoms with Crippen molar-refractivity contribution in [3.8, 4) is 12.3 Å². The Bertz CT molecular complexity index is 1160. The molecule has 0 heterocycles. The first kappa shape index (κ1) is 29.4. The molecule has 0 aliphatic heterocycles. The number of hydrogen-bond donors (Lipinski definition) is 2. The number of rotatable bonds is 6. The van der Waals surface area contributed by atoms with E-state index < -0.39 is 35.1 Å². The van der Waals surface area contributed by atoms with Gasteiger partial charge >= 0.3 is 18.4 Å². The number of anilines is 3. The maximum Gasteiger partial charge on any atom is 0.416 e. The molecule has 0 saturated heterocycles. The zero-order chi connectivity index (χ0) is 28.0. The van der Waals surface area contributed by atoms with E-state index in [-0.39, 0.29) is 24.5 Å². The average Bonchev–Trinajstić information content (AvgIpc) is 2.71. The zero-order valence-electron chi connectivity index (χ0n) is 21.7. The Morgan fingerprint density at radius 2 is 1.46 bits per heavy atom. The molecular formula is C27H32F3N3O4. The fourth-order valence-corrected chi connectivity index (χ4v) is 3.18. The van der Waals surface area contributed by atoms with Crippen LogP contribution in [-0.4, -0.2) is 29.9 Å². The fraction of sp³-hybridized carbons (Fsp3) is 0.407. The number of halogens is 3. The molecule has 2 rings (SSSR count). The monoisotopic (exact) mass is 519 g/mol. The van der Waals surface area contributed by atoms with Crippen molar-refractivity contribution in [3.05, 3.63) is 53.6 Å². The van der Waals surface area contributed by atoms with E-state index in [1.165, 1.54) is 12.1 Å². The van der Waals surface area contributed by atoms with E-state index in [0.29, 0.717) is 11.3 Å². The Hall–Kier alpha value is -3.87. The van der Waals surface area contributed by atoms with Crippen molar-refractivity contribution in [2.24, 2.45) is 0 Å². The van der Waals surface area contributed by atoms with Crippen LogP contribution < -0.4 is 15.5 Å². The molecule has 0 aromatic heterocycles. The lowest BCUT2D eigenvalue weighted by Gasteiger charge is -2.26. The first-order valence-corrected chi connectivity index (χ1v) is 11.5. The van der Waals surface area contributed by atoms with Crippen molar-refractivity contribution in [3.63, 3.8) is 0 Å². The molecule has 0 fully saturated rings. The molecular weight excluding hydrogens is 487 g/mol. The SMILES string of the molecule is C#CCN(Cc1cccc(C(F)(F)F)c1)c1ccc(NC(=O)OC(C)(C)C)c(NC(=O)OC(C)(C)C)c1. The summed E-state index contributed by atoms with van der Waals surface area (Å²) < 4.78 is 50.1. The van der Waals surface area contributed by atoms with Crippen LogP contribution in [0, 0.1) is 12.3 Å². The third-order valence-electron chi connectivity index (χ3n) is 4.55. The van der Waals surface area contributed by atoms with Crippen LogP contribution in [-0.2, 0) is 22.2 Å². The van der Waals surface area contributed by atoms with Crippen LogP contribution in [0.5, 0.6) is 0 Å². The van der Waals surface area contributed by atoms with Gasteiger partial charge in [0, 0.05) is 12.2 Å². The lowest BCUT2D eigenvalue weighted by molar-refractivity contribution is -0.137. The molecule has 0 atom stereocenters. The van der Waals surface area contributed by atoms with Crippen molar-refractivity contribution in [1.82, 2.24) is 0 Å². The second-order valence-corrected chi connectivity index (χ2v) is 10.2. The van der Waals surface area contributed by atoms with E-state index in [1.54, 1.807) is 64.6 Å². The van der Waals surface area contributed by atoms with Crippen molar-refractivity contribution in [2.75, 3.05) is 22.1 Å². The van der Waals surface area contributed by atoms with Crippen molar-refractivity contribution < 1.29 is 32.2 Å². The second kappa shape index (κ2) is 11.5. The molecule has 7 nitrogen and oxygen atoms in total. The van der Waals surface area contributed by atoms with E-state index >= 15 is 0 Å². The highest BCUT2D eigenvalue weighted by Gasteiger charge is 2.30. The summed E-state index contributed by atoms with van der Waals surface area (Å²) in [5, 5.41) is 5.20. The van der Waals surface area contributed by atoms with Gasteiger partial charge < -0.3 is 14.4 Å². The van der Waals surface area contributed by atoms with Crippen molar-refractivity contribution in [2.45, 2.75) is 65.5 Å². The van der Waals surface area contributed by atoms with E-state index in [2.05, 4.69) is 16.6 Å². The largest absolute Gasteiger partial charge is 0.444 e. The molecule has 0 aliphatic rings. The molecule has 37 heavy (non-hydrogen) atoms. The number of benzene rings is 2. The van der Waals surface area contributed by atoms with Crippen LogP contribution in [0.15, 0.2) is 42.5 Å². The molecule has 200 valence electrons. The summed E-state index contributed by atoms with van der Waals surface area (Å²) in [6.45, 7) is 10.4. The minimum Gasteiger partial charge on any atom is -0.444 e. The van der Waals surface area contributed by atoms with Crippen LogP contribution in [0.1, 0.15) is 52.7 Å². The first-order valence-electron chi connectivity index (χ1n) is 11.5. The van der Waals surface area contributed by atoms with Crippen LogP contribution >= 0.6 is 0 Å². The molecule has 0 aliphatic carbocycles. The maximum absolute atomic E-state index is 13.2. The van der Waals surface area contributed by atoms with Crippen LogP contribution in [0.25, 0.3) is 0 Å². The Morgan fingerprint density at radius 1 is 0.892 bits per heavy atom. The summed E-state index contributed by atoms with van der Waals surface area (Å²) in [5.41, 5.74) is -1.00. The number of carbonyl (C=O) groups is 2. The van der Waals surface area contributed by atoms with Gasteiger partial charge in [-0.15, -0.1) is 6.42 Å². The standard InChI is InChI=1S/C27H32F3N3O4/c1-8-14-33(17-18-10-9-11-19(15-18)27(28,29)30)20-12-13-21(31-23(34)36-25(2,3)4)22(16-20)32-24(35)37-26(5,6)7/h1,9-13,15-16H,14,17H2,2-7H3,(H,31,34)(H,32,35). The van der Waals surface area contributed by atoms with E-state index in [1.807, 2.05) is 0 Å². The lowest BCUT2D eigenvalue weighted by Crippen LogP contribution is -2.29. The third-order valence-corrected chi connectivity index (χ3v) is 4.55. The highest BCUT2D eigenvalue weighted by atomic mass is 19.4. The number of ether oxygens (including phenoxy) is 2. The first-order chi connectivity index (χ1) is 17.0. The third kappa shape index (κ3) is 9.95. The summed E-state index contributed by atoms with van der Waals surface area (Å²) in [7, 11) is 0. The maximum atomic E-state index is 13.2. The summed E-state index contributed by atoms with van der Waals surface area (Å²) in [4.78, 5) is 26.5. The van der Waals surface area contributed by atoms with Gasteiger partial charge in [-0.05, 0) is 77.4 Å². The molecule has 0 unspecified atom stereocenters. The number of nitrogens with zero attached hydrogens (tertiary/aromatic N) is 1. The van der Waals surface area contributed by atoms with Gasteiger partial charge in [-0.2, -0.15) is 13.2 Å². The van der Waals surface area contributed by atoms with Gasteiger partial charge in [0.2, 0.25) is 0 Å². The number of alkyl halides is 3. The summed E-state index contributed by atoms with van der Waals surface area (Å²) in [6, 6.07) is 9.64. The normalized spacial score (nSPS) is 11.8. The molecule has 2 aromatic carbocycles. The molecule has 0 radical (unpaired) electrons. The Labute approximate surface area is 215 Å². The van der Waals surface area contributed by atoms with Crippen molar-refractivity contribution in [1.29, 1.82) is 0 Å². The number of nitrogens with one attached hydrogen (secondary N) is 2. The van der Waals surface area contributed by atoms with Gasteiger partial charge in [-0.3, -0.25) is 10.6 Å². The molecule has 2 amide bonds. The summed E-state index contributed by atoms with van der Waals surface area (Å²) in [6.07, 6.45) is -0.457. The fourth-order valence-electron chi connectivity index (χ4n) is 3.18. The van der Waals surface area contributed by atoms with Gasteiger partial charge in [0.1, 0.15) is 11.2 Å². The number of amides is 2. The Kier molecular flexibility index (Phi) is 9.09. The van der Waals surface area contributed by atoms with Crippen molar-refractivity contribution >= 4 is 29.2 Å². The minimum atomic E-state index is -4.48. The Balaban J connectivity index is 2.42. The van der Waals surface area contributed by atoms with Crippen LogP contribution in [0.2, 0.25) is 0 Å². The molecule has 0 saturated carbocycles. The Morgan fingerprint density at radius 3 is 1.97 bits per heavy atom. The molecule has 10 heteroatoms. The zero-order valence-corrected chi connectivity index (χ0v) is 21.7. The van der Waals surface area contributed by atoms with Crippen LogP contribution in [0.4, 0.5) is 39.8 Å². The van der Waals surface area contributed by atoms with E-state index in [0.717, 1.165) is 12.1 Å². The predicted molar refractivity (Wildman–Crippen MR) is 137 cm³/mol. The summed E-state index contributed by atoms with van der Waals surface area (Å²) >= 11 is 0. The van der Waals surface area contributed by atoms with Gasteiger partial charge in [0.05, 0.1) is 23.5 Å². The molecule has 0 spiro atoms. The number of terminal acetylenes is 1. The topological polar surface area (TPSA) is 79.9 Å². The average molecular weight is 520 g/mol. The van der Waals surface area contributed by atoms with Gasteiger partial charge in [0.25, 0.3) is 0 Å². The van der Waals surface area contributed by atoms with Gasteiger partial charge in [-0.25, -0.2) is 9.59 Å². The van der Waals surface area contributed by atoms with Crippen LogP contribution in [0.3, 0.4) is 0 Å². The lowest BCUT2D eigenvalue weighted by atomic mass is 10.1. The highest BCUT2D eigenvalue weighted by molar-refractivity contribution is 5.96.